The maximum Gasteiger partial charge on any atom is 0.411 e. The minimum Gasteiger partial charge on any atom is -0.444 e. The third-order valence-electron chi connectivity index (χ3n) is 3.54. The Morgan fingerprint density at radius 3 is 2.88 bits per heavy atom. The van der Waals surface area contributed by atoms with Crippen molar-refractivity contribution in [1.29, 1.82) is 0 Å². The van der Waals surface area contributed by atoms with Crippen molar-refractivity contribution >= 4 is 6.09 Å². The fraction of sp³-hybridized carbons (Fsp3) is 0.769. The van der Waals surface area contributed by atoms with Gasteiger partial charge in [0.15, 0.2) is 0 Å². The maximum atomic E-state index is 12.3. The summed E-state index contributed by atoms with van der Waals surface area (Å²) in [5, 5.41) is 3.37. The van der Waals surface area contributed by atoms with Crippen LogP contribution in [0.3, 0.4) is 0 Å². The number of ether oxygens (including phenoxy) is 1. The highest BCUT2D eigenvalue weighted by molar-refractivity contribution is 5.71. The number of nitrogens with zero attached hydrogens (tertiary/aromatic N) is 1. The Kier molecular flexibility index (Phi) is 2.94. The van der Waals surface area contributed by atoms with Crippen LogP contribution in [0.1, 0.15) is 33.6 Å². The lowest BCUT2D eigenvalue weighted by atomic mass is 9.96. The Balaban J connectivity index is 2.19. The molecule has 4 nitrogen and oxygen atoms in total. The second-order valence-electron chi connectivity index (χ2n) is 5.98. The van der Waals surface area contributed by atoms with E-state index in [0.29, 0.717) is 0 Å². The summed E-state index contributed by atoms with van der Waals surface area (Å²) in [5.74, 6) is 0. The summed E-state index contributed by atoms with van der Waals surface area (Å²) in [5.41, 5.74) is -0.686. The summed E-state index contributed by atoms with van der Waals surface area (Å²) in [4.78, 5) is 14.2. The largest absolute Gasteiger partial charge is 0.444 e. The van der Waals surface area contributed by atoms with Gasteiger partial charge in [0.1, 0.15) is 5.60 Å². The first-order valence-corrected chi connectivity index (χ1v) is 6.25. The van der Waals surface area contributed by atoms with E-state index in [1.165, 1.54) is 0 Å². The molecule has 0 aromatic rings. The van der Waals surface area contributed by atoms with E-state index in [1.54, 1.807) is 0 Å². The zero-order valence-corrected chi connectivity index (χ0v) is 11.0. The molecule has 0 aromatic carbocycles. The fourth-order valence-electron chi connectivity index (χ4n) is 2.77. The molecule has 2 atom stereocenters. The molecule has 1 unspecified atom stereocenters. The predicted octanol–water partition coefficient (Wildman–Crippen LogP) is 1.91. The van der Waals surface area contributed by atoms with Crippen molar-refractivity contribution < 1.29 is 9.53 Å². The summed E-state index contributed by atoms with van der Waals surface area (Å²) < 4.78 is 5.50. The van der Waals surface area contributed by atoms with Crippen molar-refractivity contribution in [2.24, 2.45) is 0 Å². The number of hydrogen-bond donors (Lipinski definition) is 1. The molecular formula is C13H22N2O2. The average Bonchev–Trinajstić information content (AvgIpc) is 2.44. The van der Waals surface area contributed by atoms with Gasteiger partial charge in [0, 0.05) is 19.1 Å². The quantitative estimate of drug-likeness (QED) is 0.710. The smallest absolute Gasteiger partial charge is 0.411 e. The van der Waals surface area contributed by atoms with Gasteiger partial charge in [0.05, 0.1) is 5.54 Å². The molecule has 2 fully saturated rings. The number of carbonyl (C=O) groups excluding carboxylic acids is 1. The van der Waals surface area contributed by atoms with Gasteiger partial charge in [-0.05, 0) is 33.6 Å². The lowest BCUT2D eigenvalue weighted by Gasteiger charge is -2.43. The molecule has 0 aliphatic carbocycles. The molecule has 2 heterocycles. The van der Waals surface area contributed by atoms with Crippen molar-refractivity contribution in [3.8, 4) is 0 Å². The van der Waals surface area contributed by atoms with E-state index in [9.17, 15) is 4.79 Å². The average molecular weight is 238 g/mol. The highest BCUT2D eigenvalue weighted by atomic mass is 16.6. The first kappa shape index (κ1) is 12.4. The number of piperazine rings is 1. The van der Waals surface area contributed by atoms with Crippen molar-refractivity contribution in [2.75, 3.05) is 13.1 Å². The molecule has 2 bridgehead atoms. The number of fused-ring (bicyclic) bond motifs is 2. The van der Waals surface area contributed by atoms with Gasteiger partial charge in [-0.15, -0.1) is 6.58 Å². The molecule has 0 saturated carbocycles. The molecule has 0 radical (unpaired) electrons. The van der Waals surface area contributed by atoms with E-state index in [0.717, 1.165) is 25.9 Å². The van der Waals surface area contributed by atoms with Gasteiger partial charge in [-0.1, -0.05) is 6.08 Å². The predicted molar refractivity (Wildman–Crippen MR) is 66.9 cm³/mol. The number of rotatable bonds is 1. The summed E-state index contributed by atoms with van der Waals surface area (Å²) in [6, 6.07) is 0.247. The zero-order valence-electron chi connectivity index (χ0n) is 11.0. The van der Waals surface area contributed by atoms with Gasteiger partial charge in [0.2, 0.25) is 0 Å². The lowest BCUT2D eigenvalue weighted by Crippen LogP contribution is -2.62. The summed E-state index contributed by atoms with van der Waals surface area (Å²) in [6.45, 7) is 11.2. The van der Waals surface area contributed by atoms with Gasteiger partial charge >= 0.3 is 6.09 Å². The second kappa shape index (κ2) is 4.02. The topological polar surface area (TPSA) is 41.6 Å². The standard InChI is InChI=1S/C13H22N2O2/c1-5-13-7-6-10(8-14-9-13)15(13)11(16)17-12(2,3)4/h5,10,14H,1,6-9H2,2-4H3/t10?,13-/m1/s1. The molecule has 17 heavy (non-hydrogen) atoms. The Hall–Kier alpha value is -1.03. The van der Waals surface area contributed by atoms with Crippen LogP contribution < -0.4 is 5.32 Å². The Bertz CT molecular complexity index is 331. The zero-order chi connectivity index (χ0) is 12.7. The van der Waals surface area contributed by atoms with Crippen LogP contribution in [-0.2, 0) is 4.74 Å². The van der Waals surface area contributed by atoms with E-state index >= 15 is 0 Å². The molecule has 2 rings (SSSR count). The van der Waals surface area contributed by atoms with Crippen LogP contribution >= 0.6 is 0 Å². The Morgan fingerprint density at radius 2 is 2.29 bits per heavy atom. The minimum absolute atomic E-state index is 0.207. The second-order valence-corrected chi connectivity index (χ2v) is 5.98. The molecule has 0 spiro atoms. The number of hydrogen-bond acceptors (Lipinski definition) is 3. The molecule has 4 heteroatoms. The van der Waals surface area contributed by atoms with Crippen molar-refractivity contribution in [3.63, 3.8) is 0 Å². The highest BCUT2D eigenvalue weighted by Crippen LogP contribution is 2.38. The van der Waals surface area contributed by atoms with E-state index in [2.05, 4.69) is 11.9 Å². The lowest BCUT2D eigenvalue weighted by molar-refractivity contribution is -0.000641. The molecule has 2 aliphatic rings. The van der Waals surface area contributed by atoms with Crippen LogP contribution in [0.4, 0.5) is 4.79 Å². The number of nitrogens with one attached hydrogen (secondary N) is 1. The Labute approximate surface area is 103 Å². The maximum absolute atomic E-state index is 12.3. The van der Waals surface area contributed by atoms with Gasteiger partial charge in [-0.2, -0.15) is 0 Å². The van der Waals surface area contributed by atoms with Crippen LogP contribution in [0.2, 0.25) is 0 Å². The minimum atomic E-state index is -0.441. The summed E-state index contributed by atoms with van der Waals surface area (Å²) >= 11 is 0. The van der Waals surface area contributed by atoms with Crippen molar-refractivity contribution in [1.82, 2.24) is 10.2 Å². The van der Waals surface area contributed by atoms with Gasteiger partial charge in [-0.3, -0.25) is 4.90 Å². The highest BCUT2D eigenvalue weighted by Gasteiger charge is 2.50. The normalized spacial score (nSPS) is 32.4. The number of amides is 1. The van der Waals surface area contributed by atoms with E-state index < -0.39 is 5.60 Å². The SMILES string of the molecule is C=C[C@@]12CCC(CNC1)N2C(=O)OC(C)(C)C. The fourth-order valence-corrected chi connectivity index (χ4v) is 2.77. The first-order chi connectivity index (χ1) is 7.88. The molecular weight excluding hydrogens is 216 g/mol. The molecule has 2 saturated heterocycles. The third-order valence-corrected chi connectivity index (χ3v) is 3.54. The molecule has 1 N–H and O–H groups in total. The molecule has 96 valence electrons. The van der Waals surface area contributed by atoms with Crippen LogP contribution in [0.15, 0.2) is 12.7 Å². The van der Waals surface area contributed by atoms with E-state index in [4.69, 9.17) is 4.74 Å². The van der Waals surface area contributed by atoms with Gasteiger partial charge in [0.25, 0.3) is 0 Å². The van der Waals surface area contributed by atoms with Crippen LogP contribution in [-0.4, -0.2) is 41.3 Å². The van der Waals surface area contributed by atoms with Gasteiger partial charge < -0.3 is 10.1 Å². The third kappa shape index (κ3) is 2.18. The van der Waals surface area contributed by atoms with Crippen molar-refractivity contribution in [3.05, 3.63) is 12.7 Å². The number of carbonyl (C=O) groups is 1. The monoisotopic (exact) mass is 238 g/mol. The molecule has 2 aliphatic heterocycles. The van der Waals surface area contributed by atoms with E-state index in [1.807, 2.05) is 31.7 Å². The molecule has 1 amide bonds. The van der Waals surface area contributed by atoms with E-state index in [-0.39, 0.29) is 17.7 Å². The van der Waals surface area contributed by atoms with Gasteiger partial charge in [-0.25, -0.2) is 4.79 Å². The molecule has 0 aromatic heterocycles. The Morgan fingerprint density at radius 1 is 1.59 bits per heavy atom. The summed E-state index contributed by atoms with van der Waals surface area (Å²) in [6.07, 6.45) is 3.69. The van der Waals surface area contributed by atoms with Crippen molar-refractivity contribution in [2.45, 2.75) is 50.8 Å². The van der Waals surface area contributed by atoms with Crippen LogP contribution in [0.25, 0.3) is 0 Å². The first-order valence-electron chi connectivity index (χ1n) is 6.25. The van der Waals surface area contributed by atoms with Crippen LogP contribution in [0.5, 0.6) is 0 Å². The summed E-state index contributed by atoms with van der Waals surface area (Å²) in [7, 11) is 0. The van der Waals surface area contributed by atoms with Crippen LogP contribution in [0, 0.1) is 0 Å².